The minimum Gasteiger partial charge on any atom is -0.335 e. The number of sulfonamides is 1. The maximum atomic E-state index is 11.4. The predicted octanol–water partition coefficient (Wildman–Crippen LogP) is -0.543. The van der Waals surface area contributed by atoms with Gasteiger partial charge in [-0.25, -0.2) is 18.1 Å². The first-order chi connectivity index (χ1) is 6.06. The summed E-state index contributed by atoms with van der Waals surface area (Å²) >= 11 is 0. The summed E-state index contributed by atoms with van der Waals surface area (Å²) in [6.07, 6.45) is 2.55. The Morgan fingerprint density at radius 2 is 2.36 bits per heavy atom. The quantitative estimate of drug-likeness (QED) is 0.658. The number of nitrogens with one attached hydrogen (secondary N) is 2. The molecule has 82 valence electrons. The molecule has 0 aromatic carbocycles. The van der Waals surface area contributed by atoms with E-state index in [2.05, 4.69) is 14.7 Å². The van der Waals surface area contributed by atoms with Gasteiger partial charge in [0.1, 0.15) is 0 Å². The molecule has 0 aliphatic rings. The van der Waals surface area contributed by atoms with Gasteiger partial charge in [-0.05, 0) is 6.92 Å². The van der Waals surface area contributed by atoms with E-state index >= 15 is 0 Å². The first-order valence-electron chi connectivity index (χ1n) is 3.77. The number of halogens is 1. The molecular weight excluding hydrogens is 228 g/mol. The summed E-state index contributed by atoms with van der Waals surface area (Å²) in [5.41, 5.74) is 5.28. The van der Waals surface area contributed by atoms with Crippen molar-refractivity contribution < 1.29 is 8.42 Å². The van der Waals surface area contributed by atoms with Crippen LogP contribution in [-0.2, 0) is 10.0 Å². The van der Waals surface area contributed by atoms with Crippen LogP contribution in [0.3, 0.4) is 0 Å². The van der Waals surface area contributed by atoms with Crippen LogP contribution in [0.2, 0.25) is 0 Å². The molecule has 1 aromatic heterocycles. The zero-order chi connectivity index (χ0) is 9.90. The highest BCUT2D eigenvalue weighted by atomic mass is 35.5. The van der Waals surface area contributed by atoms with Crippen molar-refractivity contribution in [1.82, 2.24) is 14.7 Å². The lowest BCUT2D eigenvalue weighted by molar-refractivity contribution is 0.559. The van der Waals surface area contributed by atoms with Gasteiger partial charge in [0.2, 0.25) is 0 Å². The number of nitrogens with zero attached hydrogens (tertiary/aromatic N) is 1. The fraction of sp³-hybridized carbons (Fsp3) is 0.500. The summed E-state index contributed by atoms with van der Waals surface area (Å²) in [5.74, 6) is 0. The summed E-state index contributed by atoms with van der Waals surface area (Å²) in [4.78, 5) is 6.12. The molecule has 0 unspecified atom stereocenters. The van der Waals surface area contributed by atoms with E-state index in [4.69, 9.17) is 5.73 Å². The number of aromatic amines is 1. The Balaban J connectivity index is 0.00000169. The Hall–Kier alpha value is -0.630. The Kier molecular flexibility index (Phi) is 5.06. The monoisotopic (exact) mass is 240 g/mol. The number of aromatic nitrogens is 2. The van der Waals surface area contributed by atoms with E-state index in [1.807, 2.05) is 0 Å². The molecule has 0 saturated carbocycles. The molecular formula is C6H13ClN4O2S. The molecule has 6 nitrogen and oxygen atoms in total. The van der Waals surface area contributed by atoms with Gasteiger partial charge in [0, 0.05) is 12.6 Å². The second kappa shape index (κ2) is 5.30. The van der Waals surface area contributed by atoms with Crippen LogP contribution in [0, 0.1) is 0 Å². The van der Waals surface area contributed by atoms with Gasteiger partial charge >= 0.3 is 0 Å². The van der Waals surface area contributed by atoms with Gasteiger partial charge in [0.05, 0.1) is 12.5 Å². The number of hydrogen-bond acceptors (Lipinski definition) is 4. The minimum atomic E-state index is -3.48. The van der Waals surface area contributed by atoms with E-state index in [9.17, 15) is 8.42 Å². The minimum absolute atomic E-state index is 0. The molecule has 1 aromatic rings. The summed E-state index contributed by atoms with van der Waals surface area (Å²) in [6.45, 7) is 1.95. The normalized spacial score (nSPS) is 13.3. The van der Waals surface area contributed by atoms with Crippen LogP contribution in [0.15, 0.2) is 17.6 Å². The molecule has 14 heavy (non-hydrogen) atoms. The Morgan fingerprint density at radius 3 is 2.79 bits per heavy atom. The highest BCUT2D eigenvalue weighted by Gasteiger charge is 2.17. The van der Waals surface area contributed by atoms with Crippen LogP contribution in [0.25, 0.3) is 0 Å². The largest absolute Gasteiger partial charge is 0.335 e. The number of imidazole rings is 1. The van der Waals surface area contributed by atoms with Crippen LogP contribution in [-0.4, -0.2) is 31.0 Å². The van der Waals surface area contributed by atoms with Crippen molar-refractivity contribution in [3.8, 4) is 0 Å². The van der Waals surface area contributed by atoms with Crippen molar-refractivity contribution >= 4 is 22.4 Å². The number of H-pyrrole nitrogens is 1. The summed E-state index contributed by atoms with van der Waals surface area (Å²) in [7, 11) is -3.48. The molecule has 0 bridgehead atoms. The first kappa shape index (κ1) is 13.4. The molecule has 1 rings (SSSR count). The second-order valence-corrected chi connectivity index (χ2v) is 4.36. The molecule has 0 saturated heterocycles. The smallest absolute Gasteiger partial charge is 0.257 e. The third-order valence-electron chi connectivity index (χ3n) is 1.47. The fourth-order valence-electron chi connectivity index (χ4n) is 0.767. The van der Waals surface area contributed by atoms with Crippen molar-refractivity contribution in [1.29, 1.82) is 0 Å². The van der Waals surface area contributed by atoms with Crippen molar-refractivity contribution in [2.75, 3.05) is 6.54 Å². The van der Waals surface area contributed by atoms with Crippen LogP contribution >= 0.6 is 12.4 Å². The van der Waals surface area contributed by atoms with E-state index in [1.54, 1.807) is 6.92 Å². The summed E-state index contributed by atoms with van der Waals surface area (Å²) in [5, 5.41) is 0.0489. The maximum absolute atomic E-state index is 11.4. The van der Waals surface area contributed by atoms with Gasteiger partial charge < -0.3 is 10.7 Å². The van der Waals surface area contributed by atoms with E-state index < -0.39 is 10.0 Å². The molecule has 0 amide bonds. The molecule has 1 atom stereocenters. The van der Waals surface area contributed by atoms with Crippen LogP contribution in [0.5, 0.6) is 0 Å². The van der Waals surface area contributed by atoms with Crippen molar-refractivity contribution in [2.24, 2.45) is 5.73 Å². The van der Waals surface area contributed by atoms with Crippen LogP contribution in [0.1, 0.15) is 6.92 Å². The summed E-state index contributed by atoms with van der Waals surface area (Å²) < 4.78 is 25.2. The third kappa shape index (κ3) is 3.26. The van der Waals surface area contributed by atoms with E-state index in [1.165, 1.54) is 12.5 Å². The molecule has 8 heteroatoms. The molecule has 0 fully saturated rings. The molecule has 0 aliphatic heterocycles. The number of nitrogens with two attached hydrogens (primary N) is 1. The van der Waals surface area contributed by atoms with E-state index in [0.29, 0.717) is 0 Å². The average molecular weight is 241 g/mol. The zero-order valence-corrected chi connectivity index (χ0v) is 9.23. The highest BCUT2D eigenvalue weighted by molar-refractivity contribution is 7.89. The van der Waals surface area contributed by atoms with Crippen molar-refractivity contribution in [3.63, 3.8) is 0 Å². The SMILES string of the molecule is C[C@@H](CN)NS(=O)(=O)c1cnc[nH]1.Cl. The first-order valence-corrected chi connectivity index (χ1v) is 5.25. The lowest BCUT2D eigenvalue weighted by Crippen LogP contribution is -2.37. The van der Waals surface area contributed by atoms with Crippen LogP contribution in [0.4, 0.5) is 0 Å². The number of rotatable bonds is 4. The van der Waals surface area contributed by atoms with Crippen molar-refractivity contribution in [2.45, 2.75) is 18.0 Å². The van der Waals surface area contributed by atoms with Gasteiger partial charge in [-0.1, -0.05) is 0 Å². The van der Waals surface area contributed by atoms with E-state index in [-0.39, 0.29) is 30.0 Å². The average Bonchev–Trinajstić information content (AvgIpc) is 2.55. The molecule has 0 aliphatic carbocycles. The Morgan fingerprint density at radius 1 is 1.71 bits per heavy atom. The fourth-order valence-corrected chi connectivity index (χ4v) is 1.93. The zero-order valence-electron chi connectivity index (χ0n) is 7.60. The lowest BCUT2D eigenvalue weighted by atomic mass is 10.4. The summed E-state index contributed by atoms with van der Waals surface area (Å²) in [6, 6.07) is -0.284. The lowest BCUT2D eigenvalue weighted by Gasteiger charge is -2.09. The second-order valence-electron chi connectivity index (χ2n) is 2.67. The third-order valence-corrected chi connectivity index (χ3v) is 2.99. The Bertz CT molecular complexity index is 350. The molecule has 0 radical (unpaired) electrons. The predicted molar refractivity (Wildman–Crippen MR) is 54.7 cm³/mol. The van der Waals surface area contributed by atoms with Crippen LogP contribution < -0.4 is 10.5 Å². The highest BCUT2D eigenvalue weighted by Crippen LogP contribution is 2.02. The van der Waals surface area contributed by atoms with E-state index in [0.717, 1.165) is 0 Å². The molecule has 4 N–H and O–H groups in total. The van der Waals surface area contributed by atoms with Gasteiger partial charge in [0.25, 0.3) is 10.0 Å². The van der Waals surface area contributed by atoms with Gasteiger partial charge in [-0.2, -0.15) is 0 Å². The van der Waals surface area contributed by atoms with Crippen molar-refractivity contribution in [3.05, 3.63) is 12.5 Å². The maximum Gasteiger partial charge on any atom is 0.257 e. The van der Waals surface area contributed by atoms with Gasteiger partial charge in [-0.15, -0.1) is 12.4 Å². The standard InChI is InChI=1S/C6H12N4O2S.ClH/c1-5(2-7)10-13(11,12)6-3-8-4-9-6;/h3-5,10H,2,7H2,1H3,(H,8,9);1H/t5-;/m0./s1. The topological polar surface area (TPSA) is 101 Å². The van der Waals surface area contributed by atoms with Gasteiger partial charge in [-0.3, -0.25) is 0 Å². The molecule has 0 spiro atoms. The Labute approximate surface area is 88.8 Å². The van der Waals surface area contributed by atoms with Gasteiger partial charge in [0.15, 0.2) is 5.03 Å². The molecule has 1 heterocycles. The number of hydrogen-bond donors (Lipinski definition) is 3.